The van der Waals surface area contributed by atoms with E-state index in [0.717, 1.165) is 16.5 Å². The van der Waals surface area contributed by atoms with Gasteiger partial charge in [-0.3, -0.25) is 4.79 Å². The summed E-state index contributed by atoms with van der Waals surface area (Å²) in [7, 11) is 0. The molecule has 0 aliphatic carbocycles. The number of ether oxygens (including phenoxy) is 1. The minimum atomic E-state index is -0.654. The third kappa shape index (κ3) is 3.05. The lowest BCUT2D eigenvalue weighted by atomic mass is 9.94. The smallest absolute Gasteiger partial charge is 0.344 e. The maximum atomic E-state index is 12.7. The third-order valence-corrected chi connectivity index (χ3v) is 4.58. The second-order valence-electron chi connectivity index (χ2n) is 5.89. The molecule has 0 spiro atoms. The molecule has 2 aromatic carbocycles. The van der Waals surface area contributed by atoms with Crippen molar-refractivity contribution in [3.63, 3.8) is 0 Å². The lowest BCUT2D eigenvalue weighted by molar-refractivity contribution is 0.0525. The number of hydrogen-bond donors (Lipinski definition) is 1. The summed E-state index contributed by atoms with van der Waals surface area (Å²) in [4.78, 5) is 27.9. The Morgan fingerprint density at radius 1 is 1.16 bits per heavy atom. The summed E-state index contributed by atoms with van der Waals surface area (Å²) in [6, 6.07) is 11.0. The van der Waals surface area contributed by atoms with Crippen LogP contribution in [0.5, 0.6) is 0 Å². The maximum Gasteiger partial charge on any atom is 0.344 e. The average molecular weight is 356 g/mol. The van der Waals surface area contributed by atoms with Gasteiger partial charge in [-0.2, -0.15) is 0 Å². The molecule has 0 saturated carbocycles. The van der Waals surface area contributed by atoms with Gasteiger partial charge in [0.25, 0.3) is 5.56 Å². The number of rotatable bonds is 3. The normalized spacial score (nSPS) is 10.9. The number of aryl methyl sites for hydroxylation is 2. The molecule has 1 heterocycles. The van der Waals surface area contributed by atoms with Crippen molar-refractivity contribution in [2.24, 2.45) is 0 Å². The SMILES string of the molecule is CCOC(=O)c1c(-c2ccccc2Cl)c2cc(C)c(C)cc2[nH]c1=O. The number of halogens is 1. The lowest BCUT2D eigenvalue weighted by Crippen LogP contribution is -2.21. The van der Waals surface area contributed by atoms with Crippen LogP contribution in [-0.2, 0) is 4.74 Å². The van der Waals surface area contributed by atoms with Gasteiger partial charge >= 0.3 is 5.97 Å². The second-order valence-corrected chi connectivity index (χ2v) is 6.29. The molecule has 3 rings (SSSR count). The molecule has 0 bridgehead atoms. The predicted octanol–water partition coefficient (Wildman–Crippen LogP) is 4.64. The average Bonchev–Trinajstić information content (AvgIpc) is 2.56. The molecule has 4 nitrogen and oxygen atoms in total. The Hall–Kier alpha value is -2.59. The van der Waals surface area contributed by atoms with Gasteiger partial charge in [-0.25, -0.2) is 4.79 Å². The Labute approximate surface area is 150 Å². The zero-order valence-corrected chi connectivity index (χ0v) is 15.0. The molecule has 1 aromatic heterocycles. The summed E-state index contributed by atoms with van der Waals surface area (Å²) < 4.78 is 5.11. The second kappa shape index (κ2) is 6.73. The number of fused-ring (bicyclic) bond motifs is 1. The van der Waals surface area contributed by atoms with Crippen LogP contribution < -0.4 is 5.56 Å². The Kier molecular flexibility index (Phi) is 4.64. The van der Waals surface area contributed by atoms with E-state index in [-0.39, 0.29) is 12.2 Å². The Bertz CT molecular complexity index is 1040. The van der Waals surface area contributed by atoms with Gasteiger partial charge in [0.2, 0.25) is 0 Å². The lowest BCUT2D eigenvalue weighted by Gasteiger charge is -2.14. The van der Waals surface area contributed by atoms with Crippen molar-refractivity contribution in [1.82, 2.24) is 4.98 Å². The number of hydrogen-bond acceptors (Lipinski definition) is 3. The number of H-pyrrole nitrogens is 1. The van der Waals surface area contributed by atoms with E-state index >= 15 is 0 Å². The van der Waals surface area contributed by atoms with Crippen LogP contribution in [0.25, 0.3) is 22.0 Å². The van der Waals surface area contributed by atoms with Crippen molar-refractivity contribution in [1.29, 1.82) is 0 Å². The highest BCUT2D eigenvalue weighted by molar-refractivity contribution is 6.34. The van der Waals surface area contributed by atoms with Crippen LogP contribution in [0.15, 0.2) is 41.2 Å². The van der Waals surface area contributed by atoms with Crippen molar-refractivity contribution in [2.45, 2.75) is 20.8 Å². The van der Waals surface area contributed by atoms with Crippen LogP contribution in [0, 0.1) is 13.8 Å². The molecule has 0 amide bonds. The quantitative estimate of drug-likeness (QED) is 0.696. The van der Waals surface area contributed by atoms with Gasteiger partial charge in [0.05, 0.1) is 6.61 Å². The van der Waals surface area contributed by atoms with Crippen LogP contribution in [0.1, 0.15) is 28.4 Å². The predicted molar refractivity (Wildman–Crippen MR) is 100 cm³/mol. The van der Waals surface area contributed by atoms with E-state index in [2.05, 4.69) is 4.98 Å². The maximum absolute atomic E-state index is 12.7. The number of aromatic amines is 1. The molecule has 0 radical (unpaired) electrons. The van der Waals surface area contributed by atoms with Gasteiger partial charge in [0, 0.05) is 27.1 Å². The first kappa shape index (κ1) is 17.2. The van der Waals surface area contributed by atoms with Crippen LogP contribution in [0.2, 0.25) is 5.02 Å². The van der Waals surface area contributed by atoms with Crippen LogP contribution in [-0.4, -0.2) is 17.6 Å². The summed E-state index contributed by atoms with van der Waals surface area (Å²) in [5.74, 6) is -0.654. The monoisotopic (exact) mass is 355 g/mol. The van der Waals surface area contributed by atoms with Gasteiger partial charge in [-0.05, 0) is 50.1 Å². The van der Waals surface area contributed by atoms with Gasteiger partial charge in [0.1, 0.15) is 5.56 Å². The number of nitrogens with one attached hydrogen (secondary N) is 1. The highest BCUT2D eigenvalue weighted by Crippen LogP contribution is 2.35. The zero-order chi connectivity index (χ0) is 18.1. The molecule has 1 N–H and O–H groups in total. The van der Waals surface area contributed by atoms with E-state index in [4.69, 9.17) is 16.3 Å². The molecule has 0 saturated heterocycles. The molecular formula is C20H18ClNO3. The highest BCUT2D eigenvalue weighted by atomic mass is 35.5. The molecule has 0 aliphatic rings. The van der Waals surface area contributed by atoms with Gasteiger partial charge in [-0.1, -0.05) is 29.8 Å². The molecule has 0 aliphatic heterocycles. The summed E-state index contributed by atoms with van der Waals surface area (Å²) in [6.45, 7) is 5.85. The Morgan fingerprint density at radius 2 is 1.84 bits per heavy atom. The molecule has 0 atom stereocenters. The van der Waals surface area contributed by atoms with E-state index in [9.17, 15) is 9.59 Å². The van der Waals surface area contributed by atoms with Crippen LogP contribution >= 0.6 is 11.6 Å². The van der Waals surface area contributed by atoms with Crippen molar-refractivity contribution in [3.8, 4) is 11.1 Å². The molecule has 25 heavy (non-hydrogen) atoms. The first-order valence-electron chi connectivity index (χ1n) is 8.03. The summed E-state index contributed by atoms with van der Waals surface area (Å²) in [6.07, 6.45) is 0. The van der Waals surface area contributed by atoms with Gasteiger partial charge < -0.3 is 9.72 Å². The third-order valence-electron chi connectivity index (χ3n) is 4.25. The fraction of sp³-hybridized carbons (Fsp3) is 0.200. The van der Waals surface area contributed by atoms with E-state index in [0.29, 0.717) is 21.7 Å². The van der Waals surface area contributed by atoms with Gasteiger partial charge in [-0.15, -0.1) is 0 Å². The number of pyridine rings is 1. The van der Waals surface area contributed by atoms with Crippen molar-refractivity contribution < 1.29 is 9.53 Å². The topological polar surface area (TPSA) is 59.2 Å². The van der Waals surface area contributed by atoms with Crippen molar-refractivity contribution in [3.05, 3.63) is 68.5 Å². The molecule has 128 valence electrons. The summed E-state index contributed by atoms with van der Waals surface area (Å²) in [5, 5.41) is 1.23. The van der Waals surface area contributed by atoms with Crippen molar-refractivity contribution >= 4 is 28.5 Å². The highest BCUT2D eigenvalue weighted by Gasteiger charge is 2.23. The summed E-state index contributed by atoms with van der Waals surface area (Å²) >= 11 is 6.37. The number of carbonyl (C=O) groups excluding carboxylic acids is 1. The summed E-state index contributed by atoms with van der Waals surface area (Å²) in [5.41, 5.74) is 3.41. The van der Waals surface area contributed by atoms with Gasteiger partial charge in [0.15, 0.2) is 0 Å². The standard InChI is InChI=1S/C20H18ClNO3/c1-4-25-20(24)18-17(13-7-5-6-8-15(13)21)14-9-11(2)12(3)10-16(14)22-19(18)23/h5-10H,4H2,1-3H3,(H,22,23). The Morgan fingerprint density at radius 3 is 2.52 bits per heavy atom. The van der Waals surface area contributed by atoms with E-state index in [1.54, 1.807) is 25.1 Å². The number of benzene rings is 2. The molecular weight excluding hydrogens is 338 g/mol. The molecule has 3 aromatic rings. The van der Waals surface area contributed by atoms with Crippen LogP contribution in [0.3, 0.4) is 0 Å². The zero-order valence-electron chi connectivity index (χ0n) is 14.3. The first-order valence-corrected chi connectivity index (χ1v) is 8.41. The minimum absolute atomic E-state index is 0.0225. The number of carbonyl (C=O) groups is 1. The number of aromatic nitrogens is 1. The first-order chi connectivity index (χ1) is 11.9. The largest absolute Gasteiger partial charge is 0.462 e. The van der Waals surface area contributed by atoms with Crippen LogP contribution in [0.4, 0.5) is 0 Å². The van der Waals surface area contributed by atoms with Crippen molar-refractivity contribution in [2.75, 3.05) is 6.61 Å². The molecule has 5 heteroatoms. The van der Waals surface area contributed by atoms with E-state index in [1.165, 1.54) is 0 Å². The minimum Gasteiger partial charge on any atom is -0.462 e. The fourth-order valence-corrected chi connectivity index (χ4v) is 3.13. The molecule has 0 unspecified atom stereocenters. The fourth-order valence-electron chi connectivity index (χ4n) is 2.90. The van der Waals surface area contributed by atoms with E-state index < -0.39 is 11.5 Å². The number of esters is 1. The molecule has 0 fully saturated rings. The van der Waals surface area contributed by atoms with E-state index in [1.807, 2.05) is 32.0 Å². The Balaban J connectivity index is 2.50.